The highest BCUT2D eigenvalue weighted by Gasteiger charge is 2.21. The fraction of sp³-hybridized carbons (Fsp3) is 0.353. The summed E-state index contributed by atoms with van der Waals surface area (Å²) in [7, 11) is 1.37. The average molecular weight is 362 g/mol. The third-order valence-electron chi connectivity index (χ3n) is 3.57. The fourth-order valence-electron chi connectivity index (χ4n) is 2.14. The number of nitrogens with two attached hydrogens (primary N) is 1. The number of amides is 1. The van der Waals surface area contributed by atoms with Crippen molar-refractivity contribution in [3.05, 3.63) is 47.8 Å². The van der Waals surface area contributed by atoms with Gasteiger partial charge < -0.3 is 30.7 Å². The molecule has 5 N–H and O–H groups in total. The maximum atomic E-state index is 11.6. The molecule has 1 aromatic carbocycles. The quantitative estimate of drug-likeness (QED) is 0.540. The van der Waals surface area contributed by atoms with Gasteiger partial charge in [-0.15, -0.1) is 0 Å². The van der Waals surface area contributed by atoms with Gasteiger partial charge >= 0.3 is 6.09 Å². The van der Waals surface area contributed by atoms with Crippen molar-refractivity contribution >= 4 is 11.9 Å². The van der Waals surface area contributed by atoms with E-state index >= 15 is 0 Å². The zero-order chi connectivity index (χ0) is 18.9. The minimum absolute atomic E-state index is 0.0661. The van der Waals surface area contributed by atoms with Crippen LogP contribution in [0.3, 0.4) is 0 Å². The van der Waals surface area contributed by atoms with E-state index in [0.717, 1.165) is 5.56 Å². The highest BCUT2D eigenvalue weighted by Crippen LogP contribution is 2.21. The van der Waals surface area contributed by atoms with Crippen molar-refractivity contribution in [2.75, 3.05) is 19.4 Å². The number of nitrogens with one attached hydrogen (secondary N) is 1. The van der Waals surface area contributed by atoms with Gasteiger partial charge in [-0.05, 0) is 12.0 Å². The van der Waals surface area contributed by atoms with Gasteiger partial charge in [-0.25, -0.2) is 14.8 Å². The van der Waals surface area contributed by atoms with Crippen LogP contribution in [0.5, 0.6) is 5.88 Å². The molecule has 0 saturated heterocycles. The van der Waals surface area contributed by atoms with Crippen molar-refractivity contribution in [2.24, 2.45) is 0 Å². The molecular formula is C17H22N4O5. The number of aliphatic hydroxyl groups is 2. The number of nitrogen functional groups attached to an aromatic ring is 1. The highest BCUT2D eigenvalue weighted by molar-refractivity contribution is 5.67. The molecule has 0 bridgehead atoms. The molecule has 2 unspecified atom stereocenters. The molecule has 0 radical (unpaired) electrons. The van der Waals surface area contributed by atoms with Gasteiger partial charge in [0.2, 0.25) is 0 Å². The number of hydrogen-bond donors (Lipinski definition) is 4. The molecule has 9 nitrogen and oxygen atoms in total. The van der Waals surface area contributed by atoms with E-state index in [1.807, 2.05) is 30.3 Å². The number of aromatic nitrogens is 2. The first kappa shape index (κ1) is 19.4. The number of carbonyl (C=O) groups is 1. The van der Waals surface area contributed by atoms with Crippen molar-refractivity contribution in [1.29, 1.82) is 0 Å². The number of hydrogen-bond acceptors (Lipinski definition) is 8. The van der Waals surface area contributed by atoms with Gasteiger partial charge in [0.05, 0.1) is 25.1 Å². The number of benzene rings is 1. The molecular weight excluding hydrogens is 340 g/mol. The highest BCUT2D eigenvalue weighted by atomic mass is 16.5. The summed E-state index contributed by atoms with van der Waals surface area (Å²) in [5, 5.41) is 22.7. The minimum Gasteiger partial charge on any atom is -0.478 e. The lowest BCUT2D eigenvalue weighted by molar-refractivity contribution is 0.0107. The van der Waals surface area contributed by atoms with E-state index in [1.165, 1.54) is 13.3 Å². The molecule has 2 rings (SSSR count). The van der Waals surface area contributed by atoms with Crippen molar-refractivity contribution < 1.29 is 24.5 Å². The minimum atomic E-state index is -1.29. The third-order valence-corrected chi connectivity index (χ3v) is 3.57. The molecule has 0 aliphatic rings. The van der Waals surface area contributed by atoms with Gasteiger partial charge in [0, 0.05) is 6.54 Å². The monoisotopic (exact) mass is 362 g/mol. The second kappa shape index (κ2) is 9.54. The number of anilines is 1. The summed E-state index contributed by atoms with van der Waals surface area (Å²) >= 11 is 0. The van der Waals surface area contributed by atoms with Gasteiger partial charge in [0.15, 0.2) is 5.82 Å². The molecule has 0 saturated carbocycles. The predicted molar refractivity (Wildman–Crippen MR) is 93.2 cm³/mol. The summed E-state index contributed by atoms with van der Waals surface area (Å²) in [6.07, 6.45) is -1.71. The number of nitrogens with zero attached hydrogens (tertiary/aromatic N) is 2. The summed E-state index contributed by atoms with van der Waals surface area (Å²) < 4.78 is 9.98. The van der Waals surface area contributed by atoms with Crippen molar-refractivity contribution in [3.8, 4) is 5.88 Å². The topological polar surface area (TPSA) is 140 Å². The van der Waals surface area contributed by atoms with E-state index in [9.17, 15) is 15.0 Å². The van der Waals surface area contributed by atoms with Crippen LogP contribution in [0, 0.1) is 0 Å². The van der Waals surface area contributed by atoms with Crippen LogP contribution < -0.4 is 15.8 Å². The lowest BCUT2D eigenvalue weighted by Gasteiger charge is -2.18. The zero-order valence-electron chi connectivity index (χ0n) is 14.3. The van der Waals surface area contributed by atoms with Crippen LogP contribution in [0.2, 0.25) is 0 Å². The van der Waals surface area contributed by atoms with Gasteiger partial charge in [-0.3, -0.25) is 0 Å². The van der Waals surface area contributed by atoms with Crippen LogP contribution >= 0.6 is 0 Å². The molecule has 9 heteroatoms. The van der Waals surface area contributed by atoms with Crippen LogP contribution in [0.1, 0.15) is 23.8 Å². The first-order valence-electron chi connectivity index (χ1n) is 7.98. The summed E-state index contributed by atoms with van der Waals surface area (Å²) in [5.74, 6) is 0.150. The zero-order valence-corrected chi connectivity index (χ0v) is 14.3. The molecule has 0 aliphatic carbocycles. The largest absolute Gasteiger partial charge is 0.478 e. The van der Waals surface area contributed by atoms with E-state index in [2.05, 4.69) is 15.3 Å². The van der Waals surface area contributed by atoms with Crippen molar-refractivity contribution in [3.63, 3.8) is 0 Å². The van der Waals surface area contributed by atoms with Crippen LogP contribution in [0.25, 0.3) is 0 Å². The second-order valence-electron chi connectivity index (χ2n) is 5.48. The number of carbonyl (C=O) groups excluding carboxylic acids is 1. The number of aliphatic hydroxyl groups excluding tert-OH is 2. The second-order valence-corrected chi connectivity index (χ2v) is 5.48. The van der Waals surface area contributed by atoms with E-state index in [4.69, 9.17) is 15.2 Å². The Kier molecular flexibility index (Phi) is 7.12. The van der Waals surface area contributed by atoms with E-state index in [0.29, 0.717) is 0 Å². The van der Waals surface area contributed by atoms with Gasteiger partial charge in [-0.2, -0.15) is 0 Å². The van der Waals surface area contributed by atoms with Crippen LogP contribution in [-0.4, -0.2) is 46.0 Å². The van der Waals surface area contributed by atoms with Crippen LogP contribution in [0.15, 0.2) is 36.5 Å². The Bertz CT molecular complexity index is 714. The lowest BCUT2D eigenvalue weighted by atomic mass is 10.1. The lowest BCUT2D eigenvalue weighted by Crippen LogP contribution is -2.30. The molecule has 26 heavy (non-hydrogen) atoms. The summed E-state index contributed by atoms with van der Waals surface area (Å²) in [6.45, 7) is 0.268. The molecule has 1 amide bonds. The first-order valence-corrected chi connectivity index (χ1v) is 7.98. The molecule has 2 aromatic rings. The van der Waals surface area contributed by atoms with Crippen molar-refractivity contribution in [2.45, 2.75) is 25.2 Å². The Morgan fingerprint density at radius 2 is 2.04 bits per heavy atom. The Morgan fingerprint density at radius 1 is 1.31 bits per heavy atom. The van der Waals surface area contributed by atoms with E-state index < -0.39 is 18.3 Å². The number of methoxy groups -OCH3 is 1. The molecule has 140 valence electrons. The van der Waals surface area contributed by atoms with Crippen LogP contribution in [0.4, 0.5) is 10.6 Å². The number of ether oxygens (including phenoxy) is 2. The molecule has 0 fully saturated rings. The van der Waals surface area contributed by atoms with E-state index in [1.54, 1.807) is 0 Å². The molecule has 1 heterocycles. The van der Waals surface area contributed by atoms with Gasteiger partial charge in [0.1, 0.15) is 12.7 Å². The third kappa shape index (κ3) is 5.57. The van der Waals surface area contributed by atoms with Crippen molar-refractivity contribution in [1.82, 2.24) is 15.3 Å². The smallest absolute Gasteiger partial charge is 0.407 e. The maximum Gasteiger partial charge on any atom is 0.407 e. The average Bonchev–Trinajstić information content (AvgIpc) is 2.67. The molecule has 1 aromatic heterocycles. The Morgan fingerprint density at radius 3 is 2.73 bits per heavy atom. The SMILES string of the molecule is COc1nc(C(O)C(O)CCNC(=O)OCc2ccccc2)cnc1N. The maximum absolute atomic E-state index is 11.6. The molecule has 0 aliphatic heterocycles. The van der Waals surface area contributed by atoms with Gasteiger partial charge in [0.25, 0.3) is 5.88 Å². The Balaban J connectivity index is 1.75. The Labute approximate surface area is 150 Å². The summed E-state index contributed by atoms with van der Waals surface area (Å²) in [5.41, 5.74) is 6.55. The van der Waals surface area contributed by atoms with Gasteiger partial charge in [-0.1, -0.05) is 30.3 Å². The van der Waals surface area contributed by atoms with Crippen LogP contribution in [-0.2, 0) is 11.3 Å². The predicted octanol–water partition coefficient (Wildman–Crippen LogP) is 0.778. The number of alkyl carbamates (subject to hydrolysis) is 1. The standard InChI is InChI=1S/C17H22N4O5/c1-25-16-15(18)20-9-12(21-16)14(23)13(22)7-8-19-17(24)26-10-11-5-3-2-4-6-11/h2-6,9,13-14,22-23H,7-8,10H2,1H3,(H2,18,20)(H,19,24). The number of rotatable bonds is 8. The fourth-order valence-corrected chi connectivity index (χ4v) is 2.14. The van der Waals surface area contributed by atoms with E-state index in [-0.39, 0.29) is 37.0 Å². The first-order chi connectivity index (χ1) is 12.5. The summed E-state index contributed by atoms with van der Waals surface area (Å²) in [6, 6.07) is 9.26. The normalized spacial score (nSPS) is 12.9. The molecule has 2 atom stereocenters. The molecule has 0 spiro atoms. The summed E-state index contributed by atoms with van der Waals surface area (Å²) in [4.78, 5) is 19.5. The Hall–Kier alpha value is -2.91.